The van der Waals surface area contributed by atoms with Crippen LogP contribution in [0.3, 0.4) is 0 Å². The van der Waals surface area contributed by atoms with Crippen LogP contribution >= 0.6 is 23.2 Å². The fraction of sp³-hybridized carbons (Fsp3) is 0.714. The maximum atomic E-state index is 11.1. The van der Waals surface area contributed by atoms with E-state index in [2.05, 4.69) is 10.6 Å². The number of amides is 3. The van der Waals surface area contributed by atoms with E-state index in [0.717, 1.165) is 0 Å². The smallest absolute Gasteiger partial charge is 0.322 e. The van der Waals surface area contributed by atoms with Gasteiger partial charge in [0.2, 0.25) is 0 Å². The predicted octanol–water partition coefficient (Wildman–Crippen LogP) is 1.02. The number of hydrogen-bond donors (Lipinski definition) is 2. The fourth-order valence-corrected chi connectivity index (χ4v) is 1.31. The van der Waals surface area contributed by atoms with Gasteiger partial charge in [-0.1, -0.05) is 6.92 Å². The molecule has 1 rings (SSSR count). The van der Waals surface area contributed by atoms with Crippen LogP contribution in [-0.4, -0.2) is 22.8 Å². The van der Waals surface area contributed by atoms with Gasteiger partial charge < -0.3 is 5.32 Å². The lowest BCUT2D eigenvalue weighted by molar-refractivity contribution is -0.120. The van der Waals surface area contributed by atoms with Crippen LogP contribution in [0.2, 0.25) is 0 Å². The van der Waals surface area contributed by atoms with Gasteiger partial charge in [-0.05, 0) is 12.3 Å². The first-order chi connectivity index (χ1) is 6.00. The number of carbonyl (C=O) groups excluding carboxylic acids is 2. The summed E-state index contributed by atoms with van der Waals surface area (Å²) < 4.78 is 0. The summed E-state index contributed by atoms with van der Waals surface area (Å²) >= 11 is 11.2. The number of carbonyl (C=O) groups is 2. The Kier molecular flexibility index (Phi) is 3.39. The summed E-state index contributed by atoms with van der Waals surface area (Å²) in [6.07, 6.45) is 0.454. The van der Waals surface area contributed by atoms with Gasteiger partial charge >= 0.3 is 6.03 Å². The molecular formula is C7H10Cl2N2O2. The van der Waals surface area contributed by atoms with Crippen molar-refractivity contribution in [3.05, 3.63) is 0 Å². The zero-order valence-corrected chi connectivity index (χ0v) is 8.52. The summed E-state index contributed by atoms with van der Waals surface area (Å²) in [5, 5.41) is 4.61. The molecule has 3 amide bonds. The topological polar surface area (TPSA) is 58.2 Å². The minimum atomic E-state index is -0.523. The normalized spacial score (nSPS) is 24.5. The number of hydrogen-bond acceptors (Lipinski definition) is 2. The van der Waals surface area contributed by atoms with Gasteiger partial charge in [0, 0.05) is 0 Å². The summed E-state index contributed by atoms with van der Waals surface area (Å²) in [7, 11) is 0. The Hall–Kier alpha value is -0.480. The minimum Gasteiger partial charge on any atom is -0.326 e. The van der Waals surface area contributed by atoms with Gasteiger partial charge in [-0.3, -0.25) is 10.1 Å². The molecule has 4 nitrogen and oxygen atoms in total. The number of urea groups is 1. The number of imide groups is 1. The van der Waals surface area contributed by atoms with E-state index >= 15 is 0 Å². The van der Waals surface area contributed by atoms with Crippen LogP contribution in [0.15, 0.2) is 0 Å². The second-order valence-electron chi connectivity index (χ2n) is 3.06. The molecule has 0 aliphatic carbocycles. The SMILES string of the molecule is CC(CC1NC(=O)NC1=O)C(Cl)Cl. The van der Waals surface area contributed by atoms with Gasteiger partial charge in [0.05, 0.1) is 0 Å². The molecule has 6 heteroatoms. The molecule has 1 fully saturated rings. The zero-order valence-electron chi connectivity index (χ0n) is 7.01. The van der Waals surface area contributed by atoms with Crippen molar-refractivity contribution in [2.45, 2.75) is 24.2 Å². The lowest BCUT2D eigenvalue weighted by atomic mass is 10.0. The molecule has 1 aliphatic heterocycles. The van der Waals surface area contributed by atoms with Crippen molar-refractivity contribution in [2.75, 3.05) is 0 Å². The summed E-state index contributed by atoms with van der Waals surface area (Å²) in [6.45, 7) is 1.82. The standard InChI is InChI=1S/C7H10Cl2N2O2/c1-3(5(8)9)2-4-6(12)11-7(13)10-4/h3-5H,2H2,1H3,(H2,10,11,12,13). The molecule has 74 valence electrons. The Bertz CT molecular complexity index is 233. The van der Waals surface area contributed by atoms with Crippen LogP contribution in [0.25, 0.3) is 0 Å². The van der Waals surface area contributed by atoms with Crippen LogP contribution < -0.4 is 10.6 Å². The maximum absolute atomic E-state index is 11.1. The largest absolute Gasteiger partial charge is 0.326 e. The number of nitrogens with one attached hydrogen (secondary N) is 2. The molecule has 0 bridgehead atoms. The van der Waals surface area contributed by atoms with Crippen LogP contribution in [0, 0.1) is 5.92 Å². The minimum absolute atomic E-state index is 0.0301. The van der Waals surface area contributed by atoms with Crippen molar-refractivity contribution in [3.63, 3.8) is 0 Å². The molecular weight excluding hydrogens is 215 g/mol. The van der Waals surface area contributed by atoms with Crippen molar-refractivity contribution in [1.29, 1.82) is 0 Å². The molecule has 0 saturated carbocycles. The van der Waals surface area contributed by atoms with Gasteiger partial charge in [-0.15, -0.1) is 23.2 Å². The third-order valence-corrected chi connectivity index (χ3v) is 2.76. The fourth-order valence-electron chi connectivity index (χ4n) is 1.10. The lowest BCUT2D eigenvalue weighted by Gasteiger charge is -2.14. The number of rotatable bonds is 3. The van der Waals surface area contributed by atoms with E-state index in [-0.39, 0.29) is 11.8 Å². The van der Waals surface area contributed by atoms with E-state index < -0.39 is 16.9 Å². The quantitative estimate of drug-likeness (QED) is 0.556. The van der Waals surface area contributed by atoms with E-state index in [9.17, 15) is 9.59 Å². The Morgan fingerprint density at radius 1 is 1.46 bits per heavy atom. The van der Waals surface area contributed by atoms with E-state index in [4.69, 9.17) is 23.2 Å². The zero-order chi connectivity index (χ0) is 10.0. The lowest BCUT2D eigenvalue weighted by Crippen LogP contribution is -2.31. The van der Waals surface area contributed by atoms with Gasteiger partial charge in [0.15, 0.2) is 0 Å². The molecule has 2 unspecified atom stereocenters. The summed E-state index contributed by atoms with van der Waals surface area (Å²) in [4.78, 5) is 21.2. The van der Waals surface area contributed by atoms with Crippen LogP contribution in [0.4, 0.5) is 4.79 Å². The highest BCUT2D eigenvalue weighted by atomic mass is 35.5. The molecule has 1 saturated heterocycles. The Morgan fingerprint density at radius 2 is 2.08 bits per heavy atom. The third kappa shape index (κ3) is 2.74. The van der Waals surface area contributed by atoms with Crippen LogP contribution in [-0.2, 0) is 4.79 Å². The second-order valence-corrected chi connectivity index (χ2v) is 4.23. The van der Waals surface area contributed by atoms with Crippen molar-refractivity contribution in [1.82, 2.24) is 10.6 Å². The maximum Gasteiger partial charge on any atom is 0.322 e. The highest BCUT2D eigenvalue weighted by molar-refractivity contribution is 6.44. The Labute approximate surface area is 86.0 Å². The highest BCUT2D eigenvalue weighted by Crippen LogP contribution is 2.20. The van der Waals surface area contributed by atoms with E-state index in [1.165, 1.54) is 0 Å². The van der Waals surface area contributed by atoms with Crippen LogP contribution in [0.1, 0.15) is 13.3 Å². The van der Waals surface area contributed by atoms with Gasteiger partial charge in [-0.2, -0.15) is 0 Å². The molecule has 0 aromatic heterocycles. The van der Waals surface area contributed by atoms with E-state index in [1.807, 2.05) is 6.92 Å². The monoisotopic (exact) mass is 224 g/mol. The average Bonchev–Trinajstić information content (AvgIpc) is 2.30. The van der Waals surface area contributed by atoms with Crippen LogP contribution in [0.5, 0.6) is 0 Å². The Balaban J connectivity index is 2.46. The van der Waals surface area contributed by atoms with Crippen molar-refractivity contribution in [3.8, 4) is 0 Å². The molecule has 0 spiro atoms. The molecule has 1 heterocycles. The molecule has 2 N–H and O–H groups in total. The van der Waals surface area contributed by atoms with Gasteiger partial charge in [-0.25, -0.2) is 4.79 Å². The first kappa shape index (κ1) is 10.6. The molecule has 0 radical (unpaired) electrons. The second kappa shape index (κ2) is 4.15. The summed E-state index contributed by atoms with van der Waals surface area (Å²) in [5.74, 6) is -0.344. The predicted molar refractivity (Wildman–Crippen MR) is 49.7 cm³/mol. The molecule has 1 aliphatic rings. The van der Waals surface area contributed by atoms with Crippen molar-refractivity contribution >= 4 is 35.1 Å². The van der Waals surface area contributed by atoms with Crippen molar-refractivity contribution < 1.29 is 9.59 Å². The average molecular weight is 225 g/mol. The first-order valence-corrected chi connectivity index (χ1v) is 4.77. The van der Waals surface area contributed by atoms with E-state index in [0.29, 0.717) is 6.42 Å². The number of alkyl halides is 2. The third-order valence-electron chi connectivity index (χ3n) is 1.90. The highest BCUT2D eigenvalue weighted by Gasteiger charge is 2.31. The molecule has 0 aromatic carbocycles. The summed E-state index contributed by atoms with van der Waals surface area (Å²) in [5.41, 5.74) is 0. The van der Waals surface area contributed by atoms with Gasteiger partial charge in [0.25, 0.3) is 5.91 Å². The first-order valence-electron chi connectivity index (χ1n) is 3.90. The van der Waals surface area contributed by atoms with Crippen molar-refractivity contribution in [2.24, 2.45) is 5.92 Å². The molecule has 0 aromatic rings. The molecule has 2 atom stereocenters. The summed E-state index contributed by atoms with van der Waals surface area (Å²) in [6, 6.07) is -0.953. The van der Waals surface area contributed by atoms with Gasteiger partial charge in [0.1, 0.15) is 10.9 Å². The van der Waals surface area contributed by atoms with E-state index in [1.54, 1.807) is 0 Å². The number of halogens is 2. The Morgan fingerprint density at radius 3 is 2.46 bits per heavy atom. The molecule has 13 heavy (non-hydrogen) atoms.